The first-order valence-electron chi connectivity index (χ1n) is 7.60. The van der Waals surface area contributed by atoms with Crippen LogP contribution in [0, 0.1) is 0 Å². The molecule has 0 spiro atoms. The summed E-state index contributed by atoms with van der Waals surface area (Å²) < 4.78 is 10.5. The van der Waals surface area contributed by atoms with Crippen LogP contribution in [0.5, 0.6) is 11.5 Å². The van der Waals surface area contributed by atoms with Crippen molar-refractivity contribution in [1.29, 1.82) is 0 Å². The molecule has 1 aliphatic heterocycles. The number of rotatable bonds is 5. The van der Waals surface area contributed by atoms with Gasteiger partial charge in [-0.15, -0.1) is 0 Å². The first-order valence-corrected chi connectivity index (χ1v) is 7.60. The predicted molar refractivity (Wildman–Crippen MR) is 88.9 cm³/mol. The quantitative estimate of drug-likeness (QED) is 0.854. The van der Waals surface area contributed by atoms with Gasteiger partial charge in [0.2, 0.25) is 18.6 Å². The number of benzene rings is 2. The van der Waals surface area contributed by atoms with Crippen molar-refractivity contribution in [2.24, 2.45) is 0 Å². The second-order valence-electron chi connectivity index (χ2n) is 5.43. The van der Waals surface area contributed by atoms with Gasteiger partial charge in [0.15, 0.2) is 11.5 Å². The number of anilines is 1. The Hall–Kier alpha value is -3.02. The molecule has 0 radical (unpaired) electrons. The summed E-state index contributed by atoms with van der Waals surface area (Å²) in [5.74, 6) is 0.788. The van der Waals surface area contributed by atoms with Gasteiger partial charge in [-0.05, 0) is 29.8 Å². The topological polar surface area (TPSA) is 67.9 Å². The van der Waals surface area contributed by atoms with Gasteiger partial charge >= 0.3 is 0 Å². The number of carbonyl (C=O) groups excluding carboxylic acids is 2. The lowest BCUT2D eigenvalue weighted by Gasteiger charge is -2.17. The highest BCUT2D eigenvalue weighted by atomic mass is 16.7. The van der Waals surface area contributed by atoms with Crippen molar-refractivity contribution in [3.63, 3.8) is 0 Å². The van der Waals surface area contributed by atoms with E-state index < -0.39 is 0 Å². The smallest absolute Gasteiger partial charge is 0.236 e. The molecule has 1 N–H and O–H groups in total. The van der Waals surface area contributed by atoms with Crippen LogP contribution in [-0.4, -0.2) is 25.7 Å². The van der Waals surface area contributed by atoms with Crippen LogP contribution >= 0.6 is 0 Å². The van der Waals surface area contributed by atoms with E-state index in [9.17, 15) is 9.59 Å². The van der Waals surface area contributed by atoms with Crippen molar-refractivity contribution in [3.05, 3.63) is 54.1 Å². The van der Waals surface area contributed by atoms with Gasteiger partial charge in [0, 0.05) is 19.3 Å². The summed E-state index contributed by atoms with van der Waals surface area (Å²) in [5, 5.41) is 2.74. The Kier molecular flexibility index (Phi) is 4.65. The molecule has 2 aromatic rings. The average Bonchev–Trinajstić information content (AvgIpc) is 3.07. The van der Waals surface area contributed by atoms with Crippen LogP contribution in [0.2, 0.25) is 0 Å². The summed E-state index contributed by atoms with van der Waals surface area (Å²) in [6, 6.07) is 14.7. The summed E-state index contributed by atoms with van der Waals surface area (Å²) >= 11 is 0. The summed E-state index contributed by atoms with van der Waals surface area (Å²) in [7, 11) is 1.66. The van der Waals surface area contributed by atoms with E-state index in [1.807, 2.05) is 42.5 Å². The molecular weight excluding hydrogens is 308 g/mol. The van der Waals surface area contributed by atoms with Gasteiger partial charge in [0.05, 0.1) is 0 Å². The van der Waals surface area contributed by atoms with Gasteiger partial charge in [-0.1, -0.05) is 24.3 Å². The molecule has 0 aromatic heterocycles. The third kappa shape index (κ3) is 3.65. The third-order valence-corrected chi connectivity index (χ3v) is 3.76. The zero-order valence-electron chi connectivity index (χ0n) is 13.3. The van der Waals surface area contributed by atoms with E-state index in [-0.39, 0.29) is 25.0 Å². The summed E-state index contributed by atoms with van der Waals surface area (Å²) in [4.78, 5) is 25.6. The normalized spacial score (nSPS) is 11.9. The lowest BCUT2D eigenvalue weighted by Crippen LogP contribution is -2.33. The number of para-hydroxylation sites is 1. The molecule has 0 saturated heterocycles. The molecule has 2 aromatic carbocycles. The fourth-order valence-electron chi connectivity index (χ4n) is 2.37. The maximum absolute atomic E-state index is 12.1. The molecular formula is C18H18N2O4. The van der Waals surface area contributed by atoms with Gasteiger partial charge in [-0.3, -0.25) is 9.59 Å². The second kappa shape index (κ2) is 7.04. The largest absolute Gasteiger partial charge is 0.454 e. The Morgan fingerprint density at radius 1 is 1.08 bits per heavy atom. The number of fused-ring (bicyclic) bond motifs is 1. The highest BCUT2D eigenvalue weighted by molar-refractivity contribution is 6.04. The zero-order valence-corrected chi connectivity index (χ0v) is 13.3. The summed E-state index contributed by atoms with van der Waals surface area (Å²) in [6.45, 7) is 0.545. The molecule has 24 heavy (non-hydrogen) atoms. The van der Waals surface area contributed by atoms with Gasteiger partial charge in [0.1, 0.15) is 6.42 Å². The Bertz CT molecular complexity index is 746. The SMILES string of the molecule is CN(C(=O)CC(=O)NCc1ccc2c(c1)OCO2)c1ccccc1. The molecule has 2 amide bonds. The zero-order chi connectivity index (χ0) is 16.9. The molecule has 6 nitrogen and oxygen atoms in total. The van der Waals surface area contributed by atoms with Crippen LogP contribution in [0.25, 0.3) is 0 Å². The fourth-order valence-corrected chi connectivity index (χ4v) is 2.37. The molecule has 0 saturated carbocycles. The minimum absolute atomic E-state index is 0.198. The Labute approximate surface area is 140 Å². The van der Waals surface area contributed by atoms with Crippen molar-refractivity contribution in [1.82, 2.24) is 5.32 Å². The van der Waals surface area contributed by atoms with Crippen LogP contribution < -0.4 is 19.7 Å². The molecule has 0 unspecified atom stereocenters. The van der Waals surface area contributed by atoms with E-state index >= 15 is 0 Å². The molecule has 0 bridgehead atoms. The Morgan fingerprint density at radius 2 is 1.83 bits per heavy atom. The number of nitrogens with zero attached hydrogens (tertiary/aromatic N) is 1. The fraction of sp³-hybridized carbons (Fsp3) is 0.222. The van der Waals surface area contributed by atoms with Crippen LogP contribution in [0.15, 0.2) is 48.5 Å². The summed E-state index contributed by atoms with van der Waals surface area (Å²) in [6.07, 6.45) is -0.198. The van der Waals surface area contributed by atoms with E-state index in [1.54, 1.807) is 13.1 Å². The molecule has 3 rings (SSSR count). The minimum atomic E-state index is -0.319. The highest BCUT2D eigenvalue weighted by Gasteiger charge is 2.16. The van der Waals surface area contributed by atoms with E-state index in [1.165, 1.54) is 4.90 Å². The molecule has 0 aliphatic carbocycles. The van der Waals surface area contributed by atoms with Crippen LogP contribution in [0.3, 0.4) is 0 Å². The lowest BCUT2D eigenvalue weighted by molar-refractivity contribution is -0.127. The molecule has 0 atom stereocenters. The van der Waals surface area contributed by atoms with Gasteiger partial charge in [0.25, 0.3) is 0 Å². The van der Waals surface area contributed by atoms with Crippen molar-refractivity contribution in [2.45, 2.75) is 13.0 Å². The number of amides is 2. The first kappa shape index (κ1) is 15.9. The van der Waals surface area contributed by atoms with Crippen molar-refractivity contribution in [3.8, 4) is 11.5 Å². The van der Waals surface area contributed by atoms with Crippen molar-refractivity contribution >= 4 is 17.5 Å². The molecule has 1 aliphatic rings. The number of ether oxygens (including phenoxy) is 2. The Morgan fingerprint density at radius 3 is 2.62 bits per heavy atom. The Balaban J connectivity index is 1.51. The number of hydrogen-bond acceptors (Lipinski definition) is 4. The monoisotopic (exact) mass is 326 g/mol. The van der Waals surface area contributed by atoms with Crippen molar-refractivity contribution in [2.75, 3.05) is 18.7 Å². The number of hydrogen-bond donors (Lipinski definition) is 1. The van der Waals surface area contributed by atoms with Crippen LogP contribution in [0.4, 0.5) is 5.69 Å². The minimum Gasteiger partial charge on any atom is -0.454 e. The molecule has 6 heteroatoms. The maximum Gasteiger partial charge on any atom is 0.236 e. The molecule has 124 valence electrons. The standard InChI is InChI=1S/C18H18N2O4/c1-20(14-5-3-2-4-6-14)18(22)10-17(21)19-11-13-7-8-15-16(9-13)24-12-23-15/h2-9H,10-12H2,1H3,(H,19,21). The predicted octanol–water partition coefficient (Wildman–Crippen LogP) is 2.08. The number of nitrogens with one attached hydrogen (secondary N) is 1. The highest BCUT2D eigenvalue weighted by Crippen LogP contribution is 2.32. The van der Waals surface area contributed by atoms with E-state index in [0.29, 0.717) is 18.0 Å². The average molecular weight is 326 g/mol. The molecule has 1 heterocycles. The first-order chi connectivity index (χ1) is 11.6. The summed E-state index contributed by atoms with van der Waals surface area (Å²) in [5.41, 5.74) is 1.64. The van der Waals surface area contributed by atoms with Gasteiger partial charge in [-0.25, -0.2) is 0 Å². The van der Waals surface area contributed by atoms with E-state index in [0.717, 1.165) is 11.3 Å². The van der Waals surface area contributed by atoms with Crippen molar-refractivity contribution < 1.29 is 19.1 Å². The van der Waals surface area contributed by atoms with E-state index in [2.05, 4.69) is 5.32 Å². The lowest BCUT2D eigenvalue weighted by atomic mass is 10.2. The third-order valence-electron chi connectivity index (χ3n) is 3.76. The van der Waals surface area contributed by atoms with Crippen LogP contribution in [-0.2, 0) is 16.1 Å². The van der Waals surface area contributed by atoms with Gasteiger partial charge < -0.3 is 19.7 Å². The van der Waals surface area contributed by atoms with E-state index in [4.69, 9.17) is 9.47 Å². The molecule has 0 fully saturated rings. The maximum atomic E-state index is 12.1. The number of carbonyl (C=O) groups is 2. The van der Waals surface area contributed by atoms with Crippen LogP contribution in [0.1, 0.15) is 12.0 Å². The second-order valence-corrected chi connectivity index (χ2v) is 5.43. The van der Waals surface area contributed by atoms with Gasteiger partial charge in [-0.2, -0.15) is 0 Å².